The molecular formula is C8H15NO6S. The molecule has 0 heterocycles. The number of hydrogen-bond acceptors (Lipinski definition) is 5. The van der Waals surface area contributed by atoms with Gasteiger partial charge in [-0.25, -0.2) is 8.42 Å². The molecule has 0 amide bonds. The molecule has 0 aromatic heterocycles. The van der Waals surface area contributed by atoms with E-state index in [1.807, 2.05) is 0 Å². The Balaban J connectivity index is 4.49. The van der Waals surface area contributed by atoms with Gasteiger partial charge in [0.05, 0.1) is 19.3 Å². The summed E-state index contributed by atoms with van der Waals surface area (Å²) < 4.78 is 28.3. The van der Waals surface area contributed by atoms with Gasteiger partial charge in [-0.1, -0.05) is 6.92 Å². The van der Waals surface area contributed by atoms with Crippen molar-refractivity contribution < 1.29 is 27.9 Å². The lowest BCUT2D eigenvalue weighted by atomic mass is 10.5. The second kappa shape index (κ2) is 6.44. The normalized spacial score (nSPS) is 11.4. The summed E-state index contributed by atoms with van der Waals surface area (Å²) in [5, 5.41) is 8.50. The maximum Gasteiger partial charge on any atom is 0.318 e. The van der Waals surface area contributed by atoms with Gasteiger partial charge in [-0.15, -0.1) is 0 Å². The minimum atomic E-state index is -3.72. The van der Waals surface area contributed by atoms with Crippen molar-refractivity contribution in [2.45, 2.75) is 13.3 Å². The van der Waals surface area contributed by atoms with Gasteiger partial charge in [-0.2, -0.15) is 4.31 Å². The van der Waals surface area contributed by atoms with Crippen molar-refractivity contribution >= 4 is 22.0 Å². The highest BCUT2D eigenvalue weighted by atomic mass is 32.2. The van der Waals surface area contributed by atoms with Gasteiger partial charge in [-0.05, 0) is 0 Å². The van der Waals surface area contributed by atoms with Gasteiger partial charge in [0.15, 0.2) is 0 Å². The van der Waals surface area contributed by atoms with E-state index in [0.29, 0.717) is 0 Å². The van der Waals surface area contributed by atoms with Gasteiger partial charge in [0.2, 0.25) is 10.0 Å². The van der Waals surface area contributed by atoms with Crippen LogP contribution < -0.4 is 0 Å². The van der Waals surface area contributed by atoms with Crippen LogP contribution in [0.1, 0.15) is 13.3 Å². The van der Waals surface area contributed by atoms with Crippen molar-refractivity contribution in [1.29, 1.82) is 0 Å². The Morgan fingerprint density at radius 3 is 2.31 bits per heavy atom. The molecule has 0 aliphatic heterocycles. The predicted octanol–water partition coefficient (Wildman–Crippen LogP) is -0.714. The first-order chi connectivity index (χ1) is 7.33. The summed E-state index contributed by atoms with van der Waals surface area (Å²) in [6, 6.07) is 0. The maximum atomic E-state index is 11.6. The van der Waals surface area contributed by atoms with E-state index >= 15 is 0 Å². The second-order valence-corrected chi connectivity index (χ2v) is 5.05. The Kier molecular flexibility index (Phi) is 5.97. The lowest BCUT2D eigenvalue weighted by molar-refractivity contribution is -0.140. The highest BCUT2D eigenvalue weighted by Crippen LogP contribution is 2.03. The first kappa shape index (κ1) is 14.8. The number of esters is 1. The number of carboxylic acids is 1. The van der Waals surface area contributed by atoms with Crippen LogP contribution in [0, 0.1) is 0 Å². The molecule has 1 N–H and O–H groups in total. The standard InChI is InChI=1S/C8H15NO6S/c1-3-9(6-7(10)11)16(13,14)5-4-8(12)15-2/h3-6H2,1-2H3,(H,10,11). The molecule has 0 atom stereocenters. The molecule has 0 unspecified atom stereocenters. The van der Waals surface area contributed by atoms with Crippen LogP contribution in [0.5, 0.6) is 0 Å². The van der Waals surface area contributed by atoms with Gasteiger partial charge < -0.3 is 9.84 Å². The lowest BCUT2D eigenvalue weighted by Crippen LogP contribution is -2.37. The number of carbonyl (C=O) groups is 2. The smallest absolute Gasteiger partial charge is 0.318 e. The Labute approximate surface area is 94.0 Å². The average molecular weight is 253 g/mol. The third kappa shape index (κ3) is 5.08. The first-order valence-electron chi connectivity index (χ1n) is 4.60. The Morgan fingerprint density at radius 2 is 1.94 bits per heavy atom. The van der Waals surface area contributed by atoms with Gasteiger partial charge in [0.1, 0.15) is 6.54 Å². The molecule has 0 saturated heterocycles. The molecule has 8 heteroatoms. The number of hydrogen-bond donors (Lipinski definition) is 1. The van der Waals surface area contributed by atoms with E-state index in [-0.39, 0.29) is 13.0 Å². The monoisotopic (exact) mass is 253 g/mol. The Bertz CT molecular complexity index is 350. The van der Waals surface area contributed by atoms with E-state index in [9.17, 15) is 18.0 Å². The summed E-state index contributed by atoms with van der Waals surface area (Å²) in [5.74, 6) is -2.32. The van der Waals surface area contributed by atoms with Crippen LogP contribution in [0.25, 0.3) is 0 Å². The largest absolute Gasteiger partial charge is 0.480 e. The molecule has 0 saturated carbocycles. The quantitative estimate of drug-likeness (QED) is 0.601. The van der Waals surface area contributed by atoms with Gasteiger partial charge in [0.25, 0.3) is 0 Å². The SMILES string of the molecule is CCN(CC(=O)O)S(=O)(=O)CCC(=O)OC. The summed E-state index contributed by atoms with van der Waals surface area (Å²) >= 11 is 0. The minimum absolute atomic E-state index is 0.0514. The summed E-state index contributed by atoms with van der Waals surface area (Å²) in [4.78, 5) is 21.2. The van der Waals surface area contributed by atoms with Crippen molar-refractivity contribution in [3.8, 4) is 0 Å². The van der Waals surface area contributed by atoms with Crippen molar-refractivity contribution in [3.05, 3.63) is 0 Å². The highest BCUT2D eigenvalue weighted by molar-refractivity contribution is 7.89. The van der Waals surface area contributed by atoms with Crippen LogP contribution >= 0.6 is 0 Å². The van der Waals surface area contributed by atoms with Crippen molar-refractivity contribution in [2.24, 2.45) is 0 Å². The third-order valence-corrected chi connectivity index (χ3v) is 3.74. The van der Waals surface area contributed by atoms with Crippen LogP contribution in [-0.4, -0.2) is 55.7 Å². The number of sulfonamides is 1. The van der Waals surface area contributed by atoms with E-state index in [1.54, 1.807) is 0 Å². The second-order valence-electron chi connectivity index (χ2n) is 2.96. The lowest BCUT2D eigenvalue weighted by Gasteiger charge is -2.17. The molecule has 0 rings (SSSR count). The van der Waals surface area contributed by atoms with Gasteiger partial charge in [0, 0.05) is 6.54 Å². The Morgan fingerprint density at radius 1 is 1.38 bits per heavy atom. The van der Waals surface area contributed by atoms with Gasteiger partial charge in [-0.3, -0.25) is 9.59 Å². The van der Waals surface area contributed by atoms with Crippen LogP contribution in [0.3, 0.4) is 0 Å². The number of aliphatic carboxylic acids is 1. The number of rotatable bonds is 7. The third-order valence-electron chi connectivity index (χ3n) is 1.85. The molecule has 16 heavy (non-hydrogen) atoms. The van der Waals surface area contributed by atoms with E-state index in [2.05, 4.69) is 4.74 Å². The molecule has 0 radical (unpaired) electrons. The molecule has 94 valence electrons. The number of methoxy groups -OCH3 is 1. The summed E-state index contributed by atoms with van der Waals surface area (Å²) in [7, 11) is -2.56. The average Bonchev–Trinajstić information content (AvgIpc) is 2.22. The molecule has 0 aliphatic rings. The number of nitrogens with zero attached hydrogens (tertiary/aromatic N) is 1. The van der Waals surface area contributed by atoms with Crippen LogP contribution in [0.15, 0.2) is 0 Å². The van der Waals surface area contributed by atoms with Gasteiger partial charge >= 0.3 is 11.9 Å². The van der Waals surface area contributed by atoms with E-state index in [4.69, 9.17) is 5.11 Å². The molecule has 0 spiro atoms. The fourth-order valence-corrected chi connectivity index (χ4v) is 2.38. The number of ether oxygens (including phenoxy) is 1. The zero-order valence-corrected chi connectivity index (χ0v) is 9.99. The molecule has 0 aromatic rings. The summed E-state index contributed by atoms with van der Waals surface area (Å²) in [5.41, 5.74) is 0. The molecule has 0 fully saturated rings. The zero-order chi connectivity index (χ0) is 12.8. The molecular weight excluding hydrogens is 238 g/mol. The molecule has 0 aromatic carbocycles. The van der Waals surface area contributed by atoms with Crippen molar-refractivity contribution in [2.75, 3.05) is 26.0 Å². The molecule has 7 nitrogen and oxygen atoms in total. The zero-order valence-electron chi connectivity index (χ0n) is 9.17. The Hall–Kier alpha value is -1.15. The summed E-state index contributed by atoms with van der Waals surface area (Å²) in [6.45, 7) is 0.981. The molecule has 0 aliphatic carbocycles. The van der Waals surface area contributed by atoms with E-state index in [1.165, 1.54) is 6.92 Å². The number of carbonyl (C=O) groups excluding carboxylic acids is 1. The minimum Gasteiger partial charge on any atom is -0.480 e. The fourth-order valence-electron chi connectivity index (χ4n) is 1.00. The fraction of sp³-hybridized carbons (Fsp3) is 0.750. The topological polar surface area (TPSA) is 101 Å². The maximum absolute atomic E-state index is 11.6. The van der Waals surface area contributed by atoms with Crippen molar-refractivity contribution in [1.82, 2.24) is 4.31 Å². The van der Waals surface area contributed by atoms with E-state index in [0.717, 1.165) is 11.4 Å². The summed E-state index contributed by atoms with van der Waals surface area (Å²) in [6.07, 6.45) is -0.283. The van der Waals surface area contributed by atoms with Crippen LogP contribution in [0.2, 0.25) is 0 Å². The first-order valence-corrected chi connectivity index (χ1v) is 6.20. The van der Waals surface area contributed by atoms with Crippen LogP contribution in [-0.2, 0) is 24.3 Å². The number of likely N-dealkylation sites (N-methyl/N-ethyl adjacent to an activating group) is 1. The highest BCUT2D eigenvalue weighted by Gasteiger charge is 2.23. The number of carboxylic acid groups (broad SMARTS) is 1. The van der Waals surface area contributed by atoms with Crippen molar-refractivity contribution in [3.63, 3.8) is 0 Å². The molecule has 0 bridgehead atoms. The van der Waals surface area contributed by atoms with E-state index < -0.39 is 34.3 Å². The predicted molar refractivity (Wildman–Crippen MR) is 55.3 cm³/mol. The van der Waals surface area contributed by atoms with Crippen LogP contribution in [0.4, 0.5) is 0 Å².